The normalized spacial score (nSPS) is 45.1. The van der Waals surface area contributed by atoms with E-state index < -0.39 is 0 Å². The van der Waals surface area contributed by atoms with Gasteiger partial charge >= 0.3 is 0 Å². The van der Waals surface area contributed by atoms with Crippen molar-refractivity contribution in [3.63, 3.8) is 0 Å². The van der Waals surface area contributed by atoms with Gasteiger partial charge in [0.15, 0.2) is 0 Å². The zero-order valence-corrected chi connectivity index (χ0v) is 18.7. The van der Waals surface area contributed by atoms with Crippen molar-refractivity contribution >= 4 is 0 Å². The first-order valence-corrected chi connectivity index (χ1v) is 12.3. The number of H-pyrrole nitrogens is 1. The Kier molecular flexibility index (Phi) is 4.96. The summed E-state index contributed by atoms with van der Waals surface area (Å²) in [6, 6.07) is 0. The molecule has 1 aromatic rings. The van der Waals surface area contributed by atoms with Crippen molar-refractivity contribution in [2.75, 3.05) is 0 Å². The molecule has 160 valence electrons. The van der Waals surface area contributed by atoms with Gasteiger partial charge in [0.05, 0.1) is 12.4 Å². The maximum absolute atomic E-state index is 10.2. The zero-order chi connectivity index (χ0) is 20.2. The summed E-state index contributed by atoms with van der Waals surface area (Å²) >= 11 is 0. The van der Waals surface area contributed by atoms with Crippen molar-refractivity contribution in [3.05, 3.63) is 29.9 Å². The molecule has 0 amide bonds. The predicted octanol–water partition coefficient (Wildman–Crippen LogP) is 5.92. The lowest BCUT2D eigenvalue weighted by Gasteiger charge is -2.58. The predicted molar refractivity (Wildman–Crippen MR) is 117 cm³/mol. The van der Waals surface area contributed by atoms with E-state index in [9.17, 15) is 5.11 Å². The molecule has 1 aromatic heterocycles. The maximum atomic E-state index is 10.2. The lowest BCUT2D eigenvalue weighted by molar-refractivity contribution is -0.0571. The van der Waals surface area contributed by atoms with E-state index in [0.717, 1.165) is 48.9 Å². The van der Waals surface area contributed by atoms with Gasteiger partial charge in [-0.25, -0.2) is 4.98 Å². The SMILES string of the molecule is CC(CCc1cnc[nH]1)C1CCC2C3CC=C4CC(O)CCC4(C)C3CCC12C. The molecule has 0 radical (unpaired) electrons. The van der Waals surface area contributed by atoms with E-state index in [-0.39, 0.29) is 6.10 Å². The van der Waals surface area contributed by atoms with E-state index in [1.54, 1.807) is 5.57 Å². The maximum Gasteiger partial charge on any atom is 0.0921 e. The van der Waals surface area contributed by atoms with Crippen LogP contribution in [0.5, 0.6) is 0 Å². The van der Waals surface area contributed by atoms with Crippen molar-refractivity contribution < 1.29 is 5.11 Å². The number of fused-ring (bicyclic) bond motifs is 5. The van der Waals surface area contributed by atoms with Crippen molar-refractivity contribution in [2.24, 2.45) is 40.4 Å². The highest BCUT2D eigenvalue weighted by Gasteiger charge is 2.59. The third-order valence-corrected chi connectivity index (χ3v) is 10.3. The van der Waals surface area contributed by atoms with Gasteiger partial charge in [0.1, 0.15) is 0 Å². The van der Waals surface area contributed by atoms with Gasteiger partial charge in [-0.1, -0.05) is 32.4 Å². The molecular formula is C26H40N2O. The summed E-state index contributed by atoms with van der Waals surface area (Å²) in [6.07, 6.45) is 18.8. The molecule has 3 saturated carbocycles. The Morgan fingerprint density at radius 2 is 2.03 bits per heavy atom. The standard InChI is InChI=1S/C26H40N2O/c1-17(4-6-19-15-27-16-28-19)22-8-9-23-21-7-5-18-14-20(29)10-12-25(18,2)24(21)11-13-26(22,23)3/h5,15-17,20-24,29H,4,6-14H2,1-3H3,(H,27,28). The number of rotatable bonds is 4. The number of aromatic amines is 1. The molecule has 8 unspecified atom stereocenters. The minimum absolute atomic E-state index is 0.0914. The Morgan fingerprint density at radius 3 is 2.83 bits per heavy atom. The van der Waals surface area contributed by atoms with Gasteiger partial charge in [-0.15, -0.1) is 0 Å². The summed E-state index contributed by atoms with van der Waals surface area (Å²) in [7, 11) is 0. The van der Waals surface area contributed by atoms with Crippen LogP contribution in [0.15, 0.2) is 24.2 Å². The van der Waals surface area contributed by atoms with E-state index >= 15 is 0 Å². The van der Waals surface area contributed by atoms with Crippen molar-refractivity contribution in [2.45, 2.75) is 91.1 Å². The molecule has 0 aromatic carbocycles. The number of hydrogen-bond acceptors (Lipinski definition) is 2. The van der Waals surface area contributed by atoms with E-state index in [2.05, 4.69) is 36.8 Å². The van der Waals surface area contributed by atoms with Gasteiger partial charge in [-0.2, -0.15) is 0 Å². The summed E-state index contributed by atoms with van der Waals surface area (Å²) < 4.78 is 0. The molecular weight excluding hydrogens is 356 g/mol. The number of aryl methyl sites for hydroxylation is 1. The fourth-order valence-corrected chi connectivity index (χ4v) is 8.62. The molecule has 4 aliphatic rings. The molecule has 3 nitrogen and oxygen atoms in total. The highest BCUT2D eigenvalue weighted by atomic mass is 16.3. The highest BCUT2D eigenvalue weighted by molar-refractivity contribution is 5.25. The van der Waals surface area contributed by atoms with Gasteiger partial charge < -0.3 is 10.1 Å². The second kappa shape index (κ2) is 7.25. The van der Waals surface area contributed by atoms with Crippen LogP contribution >= 0.6 is 0 Å². The molecule has 4 aliphatic carbocycles. The molecule has 0 spiro atoms. The Bertz CT molecular complexity index is 755. The average Bonchev–Trinajstić information content (AvgIpc) is 3.34. The third-order valence-electron chi connectivity index (χ3n) is 10.3. The Labute approximate surface area is 176 Å². The highest BCUT2D eigenvalue weighted by Crippen LogP contribution is 2.67. The van der Waals surface area contributed by atoms with Gasteiger partial charge in [-0.3, -0.25) is 0 Å². The molecule has 0 saturated heterocycles. The molecule has 0 aliphatic heterocycles. The number of aliphatic hydroxyl groups excluding tert-OH is 1. The molecule has 3 fully saturated rings. The Morgan fingerprint density at radius 1 is 1.17 bits per heavy atom. The molecule has 2 N–H and O–H groups in total. The van der Waals surface area contributed by atoms with Crippen LogP contribution in [-0.2, 0) is 6.42 Å². The summed E-state index contributed by atoms with van der Waals surface area (Å²) in [4.78, 5) is 7.47. The second-order valence-corrected chi connectivity index (χ2v) is 11.5. The minimum Gasteiger partial charge on any atom is -0.393 e. The Balaban J connectivity index is 1.33. The quantitative estimate of drug-likeness (QED) is 0.621. The molecule has 3 heteroatoms. The monoisotopic (exact) mass is 396 g/mol. The smallest absolute Gasteiger partial charge is 0.0921 e. The van der Waals surface area contributed by atoms with Crippen molar-refractivity contribution in [3.8, 4) is 0 Å². The average molecular weight is 397 g/mol. The molecule has 8 atom stereocenters. The third kappa shape index (κ3) is 3.14. The fourth-order valence-electron chi connectivity index (χ4n) is 8.62. The summed E-state index contributed by atoms with van der Waals surface area (Å²) in [5, 5.41) is 10.2. The first kappa shape index (κ1) is 19.8. The lowest BCUT2D eigenvalue weighted by Crippen LogP contribution is -2.50. The van der Waals surface area contributed by atoms with Crippen LogP contribution < -0.4 is 0 Å². The van der Waals surface area contributed by atoms with Gasteiger partial charge in [0.25, 0.3) is 0 Å². The van der Waals surface area contributed by atoms with Gasteiger partial charge in [-0.05, 0) is 105 Å². The van der Waals surface area contributed by atoms with Gasteiger partial charge in [0, 0.05) is 11.9 Å². The van der Waals surface area contributed by atoms with E-state index in [1.807, 2.05) is 12.5 Å². The first-order chi connectivity index (χ1) is 13.9. The second-order valence-electron chi connectivity index (χ2n) is 11.5. The van der Waals surface area contributed by atoms with Gasteiger partial charge in [0.2, 0.25) is 0 Å². The van der Waals surface area contributed by atoms with Crippen LogP contribution in [0.25, 0.3) is 0 Å². The number of aromatic nitrogens is 2. The van der Waals surface area contributed by atoms with Crippen LogP contribution in [0.4, 0.5) is 0 Å². The van der Waals surface area contributed by atoms with Crippen molar-refractivity contribution in [1.82, 2.24) is 9.97 Å². The number of nitrogens with zero attached hydrogens (tertiary/aromatic N) is 1. The molecule has 29 heavy (non-hydrogen) atoms. The number of allylic oxidation sites excluding steroid dienone is 1. The molecule has 5 rings (SSSR count). The number of aliphatic hydroxyl groups is 1. The fraction of sp³-hybridized carbons (Fsp3) is 0.808. The minimum atomic E-state index is -0.0914. The summed E-state index contributed by atoms with van der Waals surface area (Å²) in [5.74, 6) is 4.31. The van der Waals surface area contributed by atoms with Crippen LogP contribution in [0, 0.1) is 40.4 Å². The summed E-state index contributed by atoms with van der Waals surface area (Å²) in [5.41, 5.74) is 3.79. The van der Waals surface area contributed by atoms with E-state index in [0.29, 0.717) is 10.8 Å². The van der Waals surface area contributed by atoms with Crippen molar-refractivity contribution in [1.29, 1.82) is 0 Å². The number of nitrogens with one attached hydrogen (secondary N) is 1. The van der Waals surface area contributed by atoms with Crippen LogP contribution in [0.3, 0.4) is 0 Å². The van der Waals surface area contributed by atoms with Crippen LogP contribution in [0.2, 0.25) is 0 Å². The van der Waals surface area contributed by atoms with E-state index in [1.165, 1.54) is 50.6 Å². The zero-order valence-electron chi connectivity index (χ0n) is 18.7. The summed E-state index contributed by atoms with van der Waals surface area (Å²) in [6.45, 7) is 7.72. The molecule has 0 bridgehead atoms. The molecule has 1 heterocycles. The van der Waals surface area contributed by atoms with Crippen LogP contribution in [-0.4, -0.2) is 21.2 Å². The lowest BCUT2D eigenvalue weighted by atomic mass is 9.47. The first-order valence-electron chi connectivity index (χ1n) is 12.3. The Hall–Kier alpha value is -1.09. The largest absolute Gasteiger partial charge is 0.393 e. The van der Waals surface area contributed by atoms with Crippen LogP contribution in [0.1, 0.15) is 84.3 Å². The number of hydrogen-bond donors (Lipinski definition) is 2. The number of imidazole rings is 1. The van der Waals surface area contributed by atoms with E-state index in [4.69, 9.17) is 0 Å². The topological polar surface area (TPSA) is 48.9 Å².